The van der Waals surface area contributed by atoms with Crippen LogP contribution in [0.2, 0.25) is 0 Å². The SMILES string of the molecule is CNCC(=O)NC1CCCC1NC(=O)c1sc2nccc3c2c1NC(=O)N3c1ccc(Oc2ccccc2)cc1C. The highest BCUT2D eigenvalue weighted by atomic mass is 32.1. The number of carbonyl (C=O) groups excluding carboxylic acids is 3. The molecule has 4 N–H and O–H groups in total. The number of pyridine rings is 1. The second-order valence-electron chi connectivity index (χ2n) is 10.2. The van der Waals surface area contributed by atoms with Gasteiger partial charge in [-0.2, -0.15) is 0 Å². The number of benzene rings is 2. The van der Waals surface area contributed by atoms with Crippen molar-refractivity contribution in [3.8, 4) is 11.5 Å². The molecular formula is C30H30N6O4S. The Kier molecular flexibility index (Phi) is 7.29. The molecule has 1 aliphatic carbocycles. The average Bonchev–Trinajstić information content (AvgIpc) is 3.55. The van der Waals surface area contributed by atoms with E-state index >= 15 is 0 Å². The van der Waals surface area contributed by atoms with Crippen molar-refractivity contribution >= 4 is 56.5 Å². The summed E-state index contributed by atoms with van der Waals surface area (Å²) >= 11 is 1.24. The molecule has 2 aromatic carbocycles. The molecule has 3 heterocycles. The first kappa shape index (κ1) is 26.7. The predicted octanol–water partition coefficient (Wildman–Crippen LogP) is 5.07. The molecule has 41 heavy (non-hydrogen) atoms. The summed E-state index contributed by atoms with van der Waals surface area (Å²) in [6.07, 6.45) is 4.12. The first-order valence-electron chi connectivity index (χ1n) is 13.5. The Hall–Kier alpha value is -4.48. The van der Waals surface area contributed by atoms with Crippen LogP contribution in [-0.4, -0.2) is 48.5 Å². The molecule has 210 valence electrons. The van der Waals surface area contributed by atoms with E-state index in [1.807, 2.05) is 55.5 Å². The minimum Gasteiger partial charge on any atom is -0.457 e. The highest BCUT2D eigenvalue weighted by Crippen LogP contribution is 2.46. The number of likely N-dealkylation sites (N-methyl/N-ethyl adjacent to an activating group) is 1. The second kappa shape index (κ2) is 11.2. The zero-order valence-electron chi connectivity index (χ0n) is 22.7. The molecule has 1 aliphatic heterocycles. The van der Waals surface area contributed by atoms with Gasteiger partial charge in [0.05, 0.1) is 29.0 Å². The van der Waals surface area contributed by atoms with Crippen molar-refractivity contribution in [1.82, 2.24) is 20.9 Å². The maximum Gasteiger partial charge on any atom is 0.331 e. The van der Waals surface area contributed by atoms with Crippen LogP contribution >= 0.6 is 11.3 Å². The summed E-state index contributed by atoms with van der Waals surface area (Å²) < 4.78 is 5.97. The van der Waals surface area contributed by atoms with Crippen LogP contribution in [0.3, 0.4) is 0 Å². The van der Waals surface area contributed by atoms with Gasteiger partial charge in [-0.05, 0) is 75.2 Å². The van der Waals surface area contributed by atoms with Gasteiger partial charge in [-0.15, -0.1) is 11.3 Å². The number of nitrogens with one attached hydrogen (secondary N) is 4. The van der Waals surface area contributed by atoms with Gasteiger partial charge >= 0.3 is 6.03 Å². The molecule has 0 saturated heterocycles. The van der Waals surface area contributed by atoms with Gasteiger partial charge in [-0.3, -0.25) is 14.5 Å². The number of hydrogen-bond acceptors (Lipinski definition) is 7. The van der Waals surface area contributed by atoms with E-state index in [1.54, 1.807) is 24.2 Å². The number of aromatic nitrogens is 1. The molecule has 4 amide bonds. The number of urea groups is 1. The first-order chi connectivity index (χ1) is 19.9. The number of hydrogen-bond donors (Lipinski definition) is 4. The molecule has 2 atom stereocenters. The average molecular weight is 571 g/mol. The molecule has 6 rings (SSSR count). The summed E-state index contributed by atoms with van der Waals surface area (Å²) in [4.78, 5) is 46.4. The number of rotatable bonds is 8. The van der Waals surface area contributed by atoms with Crippen molar-refractivity contribution < 1.29 is 19.1 Å². The number of ether oxygens (including phenoxy) is 1. The molecule has 10 nitrogen and oxygen atoms in total. The third kappa shape index (κ3) is 5.21. The molecule has 4 aromatic rings. The zero-order valence-corrected chi connectivity index (χ0v) is 23.5. The summed E-state index contributed by atoms with van der Waals surface area (Å²) in [5.41, 5.74) is 2.66. The van der Waals surface area contributed by atoms with Crippen LogP contribution < -0.4 is 30.9 Å². The summed E-state index contributed by atoms with van der Waals surface area (Å²) in [5.74, 6) is 0.995. The van der Waals surface area contributed by atoms with E-state index in [9.17, 15) is 14.4 Å². The molecule has 2 unspecified atom stereocenters. The Morgan fingerprint density at radius 1 is 1.05 bits per heavy atom. The van der Waals surface area contributed by atoms with Crippen LogP contribution in [0.15, 0.2) is 60.8 Å². The Morgan fingerprint density at radius 3 is 2.59 bits per heavy atom. The van der Waals surface area contributed by atoms with E-state index in [-0.39, 0.29) is 36.5 Å². The largest absolute Gasteiger partial charge is 0.457 e. The molecule has 1 saturated carbocycles. The van der Waals surface area contributed by atoms with Crippen molar-refractivity contribution in [3.63, 3.8) is 0 Å². The Labute approximate surface area is 241 Å². The Morgan fingerprint density at radius 2 is 1.83 bits per heavy atom. The van der Waals surface area contributed by atoms with Crippen molar-refractivity contribution in [2.75, 3.05) is 23.8 Å². The Bertz CT molecular complexity index is 1640. The van der Waals surface area contributed by atoms with Gasteiger partial charge in [0.25, 0.3) is 5.91 Å². The smallest absolute Gasteiger partial charge is 0.331 e. The number of aryl methyl sites for hydroxylation is 1. The molecule has 0 bridgehead atoms. The van der Waals surface area contributed by atoms with Crippen molar-refractivity contribution in [2.45, 2.75) is 38.3 Å². The summed E-state index contributed by atoms with van der Waals surface area (Å²) in [5, 5.41) is 12.6. The normalized spacial score (nSPS) is 17.8. The fourth-order valence-corrected chi connectivity index (χ4v) is 6.53. The molecular weight excluding hydrogens is 540 g/mol. The maximum atomic E-state index is 13.6. The van der Waals surface area contributed by atoms with E-state index in [0.717, 1.165) is 36.0 Å². The van der Waals surface area contributed by atoms with Crippen LogP contribution in [0.1, 0.15) is 34.5 Å². The lowest BCUT2D eigenvalue weighted by Crippen LogP contribution is -2.50. The van der Waals surface area contributed by atoms with Gasteiger partial charge in [-0.25, -0.2) is 9.78 Å². The highest BCUT2D eigenvalue weighted by molar-refractivity contribution is 7.21. The molecule has 2 aromatic heterocycles. The van der Waals surface area contributed by atoms with E-state index in [2.05, 4.69) is 26.3 Å². The van der Waals surface area contributed by atoms with Gasteiger partial charge < -0.3 is 26.0 Å². The first-order valence-corrected chi connectivity index (χ1v) is 14.4. The standard InChI is InChI=1S/C30H30N6O4S/c1-17-15-19(40-18-7-4-3-5-8-18)11-12-22(17)36-23-13-14-32-29-25(23)26(35-30(36)39)27(41-29)28(38)34-21-10-6-9-20(21)33-24(37)16-31-2/h3-5,7-8,11-15,20-21,31H,6,9-10,16H2,1-2H3,(H,33,37)(H,34,38)(H,35,39). The Balaban J connectivity index is 1.28. The van der Waals surface area contributed by atoms with E-state index in [4.69, 9.17) is 4.74 Å². The van der Waals surface area contributed by atoms with Crippen molar-refractivity contribution in [2.24, 2.45) is 0 Å². The lowest BCUT2D eigenvalue weighted by molar-refractivity contribution is -0.120. The number of carbonyl (C=O) groups is 3. The number of nitrogens with zero attached hydrogens (tertiary/aromatic N) is 2. The number of anilines is 3. The van der Waals surface area contributed by atoms with E-state index < -0.39 is 0 Å². The van der Waals surface area contributed by atoms with Gasteiger partial charge in [-0.1, -0.05) is 18.2 Å². The number of thiophene rings is 1. The zero-order chi connectivity index (χ0) is 28.5. The minimum absolute atomic E-state index is 0.105. The fraction of sp³-hybridized carbons (Fsp3) is 0.267. The quantitative estimate of drug-likeness (QED) is 0.235. The third-order valence-electron chi connectivity index (χ3n) is 7.36. The summed E-state index contributed by atoms with van der Waals surface area (Å²) in [7, 11) is 1.72. The molecule has 0 radical (unpaired) electrons. The van der Waals surface area contributed by atoms with Gasteiger partial charge in [0.1, 0.15) is 21.2 Å². The third-order valence-corrected chi connectivity index (χ3v) is 8.45. The van der Waals surface area contributed by atoms with Crippen LogP contribution in [0, 0.1) is 6.92 Å². The maximum absolute atomic E-state index is 13.6. The van der Waals surface area contributed by atoms with E-state index in [0.29, 0.717) is 32.5 Å². The molecule has 0 spiro atoms. The van der Waals surface area contributed by atoms with Gasteiger partial charge in [0.15, 0.2) is 0 Å². The second-order valence-corrected chi connectivity index (χ2v) is 11.2. The van der Waals surface area contributed by atoms with Gasteiger partial charge in [0.2, 0.25) is 5.91 Å². The summed E-state index contributed by atoms with van der Waals surface area (Å²) in [6, 6.07) is 16.2. The highest BCUT2D eigenvalue weighted by Gasteiger charge is 2.35. The van der Waals surface area contributed by atoms with Gasteiger partial charge in [0, 0.05) is 18.3 Å². The van der Waals surface area contributed by atoms with Crippen LogP contribution in [0.25, 0.3) is 10.2 Å². The summed E-state index contributed by atoms with van der Waals surface area (Å²) in [6.45, 7) is 2.14. The molecule has 11 heteroatoms. The van der Waals surface area contributed by atoms with Crippen molar-refractivity contribution in [1.29, 1.82) is 0 Å². The van der Waals surface area contributed by atoms with Crippen LogP contribution in [0.5, 0.6) is 11.5 Å². The lowest BCUT2D eigenvalue weighted by atomic mass is 10.1. The van der Waals surface area contributed by atoms with Crippen LogP contribution in [-0.2, 0) is 4.79 Å². The fourth-order valence-electron chi connectivity index (χ4n) is 5.51. The predicted molar refractivity (Wildman–Crippen MR) is 159 cm³/mol. The van der Waals surface area contributed by atoms with E-state index in [1.165, 1.54) is 11.3 Å². The van der Waals surface area contributed by atoms with Crippen molar-refractivity contribution in [3.05, 3.63) is 71.2 Å². The monoisotopic (exact) mass is 570 g/mol. The number of amides is 4. The number of para-hydroxylation sites is 1. The lowest BCUT2D eigenvalue weighted by Gasteiger charge is -2.29. The minimum atomic E-state index is -0.365. The molecule has 1 fully saturated rings. The topological polar surface area (TPSA) is 125 Å². The van der Waals surface area contributed by atoms with Crippen LogP contribution in [0.4, 0.5) is 21.9 Å². The molecule has 2 aliphatic rings.